The summed E-state index contributed by atoms with van der Waals surface area (Å²) < 4.78 is 13.9. The second kappa shape index (κ2) is 5.86. The summed E-state index contributed by atoms with van der Waals surface area (Å²) in [4.78, 5) is 9.51. The number of carbonyl (C=O) groups is 1. The molecule has 0 aliphatic carbocycles. The molecule has 42 valence electrons. The minimum atomic E-state index is -1.13. The van der Waals surface area contributed by atoms with Crippen LogP contribution in [0.5, 0.6) is 0 Å². The van der Waals surface area contributed by atoms with Gasteiger partial charge in [-0.1, -0.05) is 0 Å². The Morgan fingerprint density at radius 3 is 2.86 bits per heavy atom. The molecular formula is C3H7O3P. The quantitative estimate of drug-likeness (QED) is 0.305. The predicted molar refractivity (Wildman–Crippen MR) is 27.0 cm³/mol. The van der Waals surface area contributed by atoms with Gasteiger partial charge in [0.1, 0.15) is 6.29 Å². The molecule has 0 heterocycles. The largest absolute Gasteiger partial charge is 0.332 e. The molecule has 4 heteroatoms. The van der Waals surface area contributed by atoms with Crippen LogP contribution < -0.4 is 0 Å². The van der Waals surface area contributed by atoms with E-state index in [9.17, 15) is 9.36 Å². The van der Waals surface area contributed by atoms with E-state index in [0.29, 0.717) is 13.0 Å². The van der Waals surface area contributed by atoms with Gasteiger partial charge in [0.05, 0.1) is 6.61 Å². The molecule has 0 aromatic carbocycles. The van der Waals surface area contributed by atoms with Crippen molar-refractivity contribution in [3.05, 3.63) is 0 Å². The molecule has 0 radical (unpaired) electrons. The van der Waals surface area contributed by atoms with Gasteiger partial charge in [0, 0.05) is 6.42 Å². The summed E-state index contributed by atoms with van der Waals surface area (Å²) in [6, 6.07) is 0. The van der Waals surface area contributed by atoms with E-state index >= 15 is 0 Å². The number of hydrogen-bond acceptors (Lipinski definition) is 3. The Morgan fingerprint density at radius 2 is 2.43 bits per heavy atom. The average Bonchev–Trinajstić information content (AvgIpc) is 1.69. The smallest absolute Gasteiger partial charge is 0.179 e. The van der Waals surface area contributed by atoms with Gasteiger partial charge in [0.25, 0.3) is 0 Å². The molecule has 0 saturated heterocycles. The summed E-state index contributed by atoms with van der Waals surface area (Å²) in [5.74, 6) is 0. The minimum absolute atomic E-state index is 0.294. The average molecular weight is 122 g/mol. The lowest BCUT2D eigenvalue weighted by molar-refractivity contribution is -0.108. The monoisotopic (exact) mass is 122 g/mol. The zero-order valence-electron chi connectivity index (χ0n) is 3.79. The third-order valence-corrected chi connectivity index (χ3v) is 0.793. The van der Waals surface area contributed by atoms with E-state index in [4.69, 9.17) is 0 Å². The third-order valence-electron chi connectivity index (χ3n) is 0.422. The number of aldehydes is 1. The van der Waals surface area contributed by atoms with Crippen molar-refractivity contribution in [1.82, 2.24) is 0 Å². The van der Waals surface area contributed by atoms with E-state index in [0.717, 1.165) is 6.29 Å². The molecule has 0 N–H and O–H groups in total. The summed E-state index contributed by atoms with van der Waals surface area (Å²) >= 11 is 0. The van der Waals surface area contributed by atoms with E-state index in [-0.39, 0.29) is 0 Å². The van der Waals surface area contributed by atoms with Gasteiger partial charge < -0.3 is 9.32 Å². The SMILES string of the molecule is O=CCCO[PH2]=O. The van der Waals surface area contributed by atoms with Crippen LogP contribution in [0, 0.1) is 0 Å². The van der Waals surface area contributed by atoms with E-state index in [1.54, 1.807) is 0 Å². The Balaban J connectivity index is 2.68. The Labute approximate surface area is 43.0 Å². The van der Waals surface area contributed by atoms with E-state index < -0.39 is 8.69 Å². The first-order valence-corrected chi connectivity index (χ1v) is 2.85. The molecule has 0 fully saturated rings. The Hall–Kier alpha value is -0.140. The van der Waals surface area contributed by atoms with E-state index in [1.165, 1.54) is 0 Å². The highest BCUT2D eigenvalue weighted by Gasteiger charge is 1.77. The molecule has 0 amide bonds. The molecule has 1 atom stereocenters. The van der Waals surface area contributed by atoms with E-state index in [1.807, 2.05) is 0 Å². The molecule has 0 saturated carbocycles. The molecular weight excluding hydrogens is 115 g/mol. The molecule has 0 spiro atoms. The normalized spacial score (nSPS) is 10.3. The third kappa shape index (κ3) is 5.86. The molecule has 0 bridgehead atoms. The highest BCUT2D eigenvalue weighted by atomic mass is 31.1. The maximum Gasteiger partial charge on any atom is 0.179 e. The lowest BCUT2D eigenvalue weighted by Crippen LogP contribution is -1.82. The summed E-state index contributed by atoms with van der Waals surface area (Å²) in [5, 5.41) is 0. The van der Waals surface area contributed by atoms with Crippen LogP contribution in [0.25, 0.3) is 0 Å². The lowest BCUT2D eigenvalue weighted by atomic mass is 10.5. The topological polar surface area (TPSA) is 43.4 Å². The van der Waals surface area contributed by atoms with Crippen LogP contribution in [0.15, 0.2) is 0 Å². The maximum absolute atomic E-state index is 9.55. The molecule has 0 aromatic rings. The number of rotatable bonds is 4. The molecule has 3 nitrogen and oxygen atoms in total. The fourth-order valence-corrected chi connectivity index (χ4v) is 0.397. The predicted octanol–water partition coefficient (Wildman–Crippen LogP) is 0.263. The number of carbonyl (C=O) groups excluding carboxylic acids is 1. The van der Waals surface area contributed by atoms with E-state index in [2.05, 4.69) is 4.52 Å². The van der Waals surface area contributed by atoms with Gasteiger partial charge in [0.15, 0.2) is 8.69 Å². The van der Waals surface area contributed by atoms with Crippen LogP contribution in [0.2, 0.25) is 0 Å². The first-order chi connectivity index (χ1) is 3.41. The highest BCUT2D eigenvalue weighted by Crippen LogP contribution is 1.92. The van der Waals surface area contributed by atoms with Crippen molar-refractivity contribution in [1.29, 1.82) is 0 Å². The molecule has 7 heavy (non-hydrogen) atoms. The van der Waals surface area contributed by atoms with Crippen molar-refractivity contribution in [2.45, 2.75) is 6.42 Å². The Morgan fingerprint density at radius 1 is 1.71 bits per heavy atom. The standard InChI is InChI=1S/C3H7O3P/c4-2-1-3-6-7-5/h2H,1,3,7H2. The molecule has 0 aromatic heterocycles. The first kappa shape index (κ1) is 6.86. The van der Waals surface area contributed by atoms with Crippen LogP contribution in [0.3, 0.4) is 0 Å². The fourth-order valence-electron chi connectivity index (χ4n) is 0.164. The van der Waals surface area contributed by atoms with Gasteiger partial charge in [-0.05, 0) is 0 Å². The summed E-state index contributed by atoms with van der Waals surface area (Å²) in [7, 11) is -1.13. The minimum Gasteiger partial charge on any atom is -0.332 e. The Kier molecular flexibility index (Phi) is 5.74. The van der Waals surface area contributed by atoms with Gasteiger partial charge in [0.2, 0.25) is 0 Å². The van der Waals surface area contributed by atoms with Crippen molar-refractivity contribution >= 4 is 15.0 Å². The van der Waals surface area contributed by atoms with Crippen molar-refractivity contribution in [3.63, 3.8) is 0 Å². The lowest BCUT2D eigenvalue weighted by Gasteiger charge is -1.84. The van der Waals surface area contributed by atoms with Gasteiger partial charge in [-0.25, -0.2) is 0 Å². The summed E-state index contributed by atoms with van der Waals surface area (Å²) in [6.07, 6.45) is 1.07. The summed E-state index contributed by atoms with van der Waals surface area (Å²) in [6.45, 7) is 0.294. The van der Waals surface area contributed by atoms with Crippen LogP contribution >= 0.6 is 8.69 Å². The molecule has 1 unspecified atom stereocenters. The molecule has 0 aliphatic heterocycles. The van der Waals surface area contributed by atoms with Crippen LogP contribution in [0.1, 0.15) is 6.42 Å². The maximum atomic E-state index is 9.55. The van der Waals surface area contributed by atoms with Crippen LogP contribution in [0.4, 0.5) is 0 Å². The van der Waals surface area contributed by atoms with Crippen molar-refractivity contribution < 1.29 is 13.9 Å². The first-order valence-electron chi connectivity index (χ1n) is 1.90. The second-order valence-electron chi connectivity index (χ2n) is 0.922. The second-order valence-corrected chi connectivity index (χ2v) is 1.45. The van der Waals surface area contributed by atoms with Crippen molar-refractivity contribution in [3.8, 4) is 0 Å². The summed E-state index contributed by atoms with van der Waals surface area (Å²) in [5.41, 5.74) is 0. The number of hydrogen-bond donors (Lipinski definition) is 0. The van der Waals surface area contributed by atoms with Crippen molar-refractivity contribution in [2.75, 3.05) is 6.61 Å². The zero-order chi connectivity index (χ0) is 5.54. The highest BCUT2D eigenvalue weighted by molar-refractivity contribution is 7.17. The van der Waals surface area contributed by atoms with Crippen molar-refractivity contribution in [2.24, 2.45) is 0 Å². The van der Waals surface area contributed by atoms with Gasteiger partial charge in [-0.15, -0.1) is 0 Å². The zero-order valence-corrected chi connectivity index (χ0v) is 4.95. The van der Waals surface area contributed by atoms with Crippen LogP contribution in [-0.2, 0) is 13.9 Å². The fraction of sp³-hybridized carbons (Fsp3) is 0.667. The van der Waals surface area contributed by atoms with Gasteiger partial charge >= 0.3 is 0 Å². The van der Waals surface area contributed by atoms with Gasteiger partial charge in [-0.2, -0.15) is 0 Å². The van der Waals surface area contributed by atoms with Gasteiger partial charge in [-0.3, -0.25) is 4.57 Å². The molecule has 0 aliphatic rings. The van der Waals surface area contributed by atoms with Crippen LogP contribution in [-0.4, -0.2) is 12.9 Å². The molecule has 0 rings (SSSR count). The Bertz CT molecular complexity index is 55.2.